The molecular formula is C18H17N3O5S. The summed E-state index contributed by atoms with van der Waals surface area (Å²) in [7, 11) is -2.68. The van der Waals surface area contributed by atoms with Crippen LogP contribution in [0.25, 0.3) is 10.9 Å². The standard InChI is InChI=1S/C18H17N3O5S/c1-26-17(22)11-19-27(24,25)14-8-6-13(7-9-14)20-18(23)16-10-12-4-2-3-5-15(12)21-16/h2-10,19,21H,11H2,1H3,(H,20,23). The van der Waals surface area contributed by atoms with Crippen molar-refractivity contribution in [2.24, 2.45) is 0 Å². The number of ether oxygens (including phenoxy) is 1. The molecule has 0 saturated carbocycles. The van der Waals surface area contributed by atoms with Gasteiger partial charge in [0.2, 0.25) is 10.0 Å². The molecule has 0 saturated heterocycles. The Labute approximate surface area is 155 Å². The number of aromatic nitrogens is 1. The molecule has 8 nitrogen and oxygen atoms in total. The van der Waals surface area contributed by atoms with E-state index >= 15 is 0 Å². The van der Waals surface area contributed by atoms with E-state index < -0.39 is 22.5 Å². The predicted molar refractivity (Wildman–Crippen MR) is 99.9 cm³/mol. The number of methoxy groups -OCH3 is 1. The van der Waals surface area contributed by atoms with Gasteiger partial charge in [0.25, 0.3) is 5.91 Å². The van der Waals surface area contributed by atoms with Gasteiger partial charge < -0.3 is 15.0 Å². The number of aromatic amines is 1. The smallest absolute Gasteiger partial charge is 0.320 e. The fraction of sp³-hybridized carbons (Fsp3) is 0.111. The number of fused-ring (bicyclic) bond motifs is 1. The molecule has 0 bridgehead atoms. The van der Waals surface area contributed by atoms with E-state index in [4.69, 9.17) is 0 Å². The van der Waals surface area contributed by atoms with Crippen LogP contribution < -0.4 is 10.0 Å². The number of para-hydroxylation sites is 1. The van der Waals surface area contributed by atoms with E-state index in [2.05, 4.69) is 19.8 Å². The van der Waals surface area contributed by atoms with E-state index in [1.807, 2.05) is 24.3 Å². The number of carbonyl (C=O) groups is 2. The highest BCUT2D eigenvalue weighted by Crippen LogP contribution is 2.17. The Morgan fingerprint density at radius 3 is 2.44 bits per heavy atom. The molecule has 9 heteroatoms. The quantitative estimate of drug-likeness (QED) is 0.558. The lowest BCUT2D eigenvalue weighted by Crippen LogP contribution is -2.30. The molecule has 3 rings (SSSR count). The normalized spacial score (nSPS) is 11.3. The van der Waals surface area contributed by atoms with Crippen LogP contribution in [-0.4, -0.2) is 38.9 Å². The summed E-state index contributed by atoms with van der Waals surface area (Å²) in [5.41, 5.74) is 1.68. The molecule has 1 aromatic heterocycles. The Kier molecular flexibility index (Phi) is 5.24. The second kappa shape index (κ2) is 7.60. The molecule has 3 aromatic rings. The molecule has 1 heterocycles. The maximum absolute atomic E-state index is 12.4. The monoisotopic (exact) mass is 387 g/mol. The molecule has 27 heavy (non-hydrogen) atoms. The molecule has 0 aliphatic rings. The van der Waals surface area contributed by atoms with Crippen LogP contribution in [0.15, 0.2) is 59.5 Å². The fourth-order valence-electron chi connectivity index (χ4n) is 2.42. The van der Waals surface area contributed by atoms with E-state index in [-0.39, 0.29) is 10.8 Å². The van der Waals surface area contributed by atoms with Gasteiger partial charge in [-0.1, -0.05) is 18.2 Å². The van der Waals surface area contributed by atoms with Gasteiger partial charge in [-0.2, -0.15) is 4.72 Å². The first-order valence-electron chi connectivity index (χ1n) is 7.95. The fourth-order valence-corrected chi connectivity index (χ4v) is 3.39. The average molecular weight is 387 g/mol. The summed E-state index contributed by atoms with van der Waals surface area (Å²) in [6, 6.07) is 14.8. The second-order valence-corrected chi connectivity index (χ2v) is 7.42. The number of hydrogen-bond donors (Lipinski definition) is 3. The van der Waals surface area contributed by atoms with Crippen LogP contribution in [0.3, 0.4) is 0 Å². The Balaban J connectivity index is 1.69. The van der Waals surface area contributed by atoms with E-state index in [9.17, 15) is 18.0 Å². The van der Waals surface area contributed by atoms with Gasteiger partial charge >= 0.3 is 5.97 Å². The van der Waals surface area contributed by atoms with Crippen molar-refractivity contribution >= 4 is 38.5 Å². The summed E-state index contributed by atoms with van der Waals surface area (Å²) in [6.07, 6.45) is 0. The summed E-state index contributed by atoms with van der Waals surface area (Å²) < 4.78 is 30.7. The van der Waals surface area contributed by atoms with E-state index in [0.717, 1.165) is 10.9 Å². The van der Waals surface area contributed by atoms with Gasteiger partial charge in [0.15, 0.2) is 0 Å². The molecule has 3 N–H and O–H groups in total. The zero-order valence-electron chi connectivity index (χ0n) is 14.4. The Hall–Kier alpha value is -3.17. The molecule has 0 aliphatic carbocycles. The summed E-state index contributed by atoms with van der Waals surface area (Å²) in [5, 5.41) is 3.62. The third kappa shape index (κ3) is 4.33. The van der Waals surface area contributed by atoms with Crippen molar-refractivity contribution in [1.29, 1.82) is 0 Å². The third-order valence-corrected chi connectivity index (χ3v) is 5.25. The maximum Gasteiger partial charge on any atom is 0.320 e. The van der Waals surface area contributed by atoms with Crippen LogP contribution in [0.5, 0.6) is 0 Å². The zero-order valence-corrected chi connectivity index (χ0v) is 15.2. The molecule has 0 unspecified atom stereocenters. The molecule has 0 radical (unpaired) electrons. The largest absolute Gasteiger partial charge is 0.468 e. The highest BCUT2D eigenvalue weighted by Gasteiger charge is 2.16. The van der Waals surface area contributed by atoms with Gasteiger partial charge in [-0.25, -0.2) is 8.42 Å². The van der Waals surface area contributed by atoms with Crippen molar-refractivity contribution < 1.29 is 22.7 Å². The first kappa shape index (κ1) is 18.6. The summed E-state index contributed by atoms with van der Waals surface area (Å²) in [4.78, 5) is 26.4. The number of anilines is 1. The van der Waals surface area contributed by atoms with Crippen molar-refractivity contribution in [3.8, 4) is 0 Å². The van der Waals surface area contributed by atoms with Crippen molar-refractivity contribution in [3.05, 3.63) is 60.3 Å². The van der Waals surface area contributed by atoms with E-state index in [0.29, 0.717) is 11.4 Å². The number of nitrogens with one attached hydrogen (secondary N) is 3. The first-order chi connectivity index (χ1) is 12.9. The minimum atomic E-state index is -3.85. The van der Waals surface area contributed by atoms with Crippen molar-refractivity contribution in [1.82, 2.24) is 9.71 Å². The first-order valence-corrected chi connectivity index (χ1v) is 9.43. The number of amides is 1. The van der Waals surface area contributed by atoms with Crippen molar-refractivity contribution in [2.45, 2.75) is 4.90 Å². The number of carbonyl (C=O) groups excluding carboxylic acids is 2. The number of esters is 1. The molecule has 0 spiro atoms. The number of rotatable bonds is 6. The molecule has 140 valence electrons. The van der Waals surface area contributed by atoms with Gasteiger partial charge in [0.1, 0.15) is 12.2 Å². The van der Waals surface area contributed by atoms with Crippen LogP contribution >= 0.6 is 0 Å². The molecule has 0 fully saturated rings. The van der Waals surface area contributed by atoms with Gasteiger partial charge in [-0.15, -0.1) is 0 Å². The Bertz CT molecular complexity index is 1050. The van der Waals surface area contributed by atoms with Crippen LogP contribution in [0.2, 0.25) is 0 Å². The maximum atomic E-state index is 12.4. The highest BCUT2D eigenvalue weighted by molar-refractivity contribution is 7.89. The minimum absolute atomic E-state index is 0.0324. The number of hydrogen-bond acceptors (Lipinski definition) is 5. The molecule has 0 aliphatic heterocycles. The lowest BCUT2D eigenvalue weighted by atomic mass is 10.2. The number of sulfonamides is 1. The van der Waals surface area contributed by atoms with Gasteiger partial charge in [0.05, 0.1) is 12.0 Å². The van der Waals surface area contributed by atoms with Crippen LogP contribution in [0.1, 0.15) is 10.5 Å². The van der Waals surface area contributed by atoms with Crippen molar-refractivity contribution in [3.63, 3.8) is 0 Å². The highest BCUT2D eigenvalue weighted by atomic mass is 32.2. The van der Waals surface area contributed by atoms with Crippen LogP contribution in [0.4, 0.5) is 5.69 Å². The lowest BCUT2D eigenvalue weighted by Gasteiger charge is -2.07. The van der Waals surface area contributed by atoms with Gasteiger partial charge in [-0.05, 0) is 36.4 Å². The average Bonchev–Trinajstić information content (AvgIpc) is 3.11. The number of H-pyrrole nitrogens is 1. The second-order valence-electron chi connectivity index (χ2n) is 5.65. The van der Waals surface area contributed by atoms with Gasteiger partial charge in [-0.3, -0.25) is 9.59 Å². The third-order valence-electron chi connectivity index (χ3n) is 3.83. The van der Waals surface area contributed by atoms with E-state index in [1.165, 1.54) is 31.4 Å². The van der Waals surface area contributed by atoms with Crippen LogP contribution in [0, 0.1) is 0 Å². The summed E-state index contributed by atoms with van der Waals surface area (Å²) >= 11 is 0. The molecule has 1 amide bonds. The Morgan fingerprint density at radius 1 is 1.07 bits per heavy atom. The topological polar surface area (TPSA) is 117 Å². The number of benzene rings is 2. The summed E-state index contributed by atoms with van der Waals surface area (Å²) in [6.45, 7) is -0.461. The van der Waals surface area contributed by atoms with Crippen LogP contribution in [-0.2, 0) is 19.6 Å². The molecule has 2 aromatic carbocycles. The minimum Gasteiger partial charge on any atom is -0.468 e. The van der Waals surface area contributed by atoms with E-state index in [1.54, 1.807) is 6.07 Å². The summed E-state index contributed by atoms with van der Waals surface area (Å²) in [5.74, 6) is -1.04. The predicted octanol–water partition coefficient (Wildman–Crippen LogP) is 1.87. The molecule has 0 atom stereocenters. The molecular weight excluding hydrogens is 370 g/mol. The van der Waals surface area contributed by atoms with Gasteiger partial charge in [0, 0.05) is 16.6 Å². The Morgan fingerprint density at radius 2 is 1.78 bits per heavy atom. The lowest BCUT2D eigenvalue weighted by molar-refractivity contribution is -0.139. The SMILES string of the molecule is COC(=O)CNS(=O)(=O)c1ccc(NC(=O)c2cc3ccccc3[nH]2)cc1. The van der Waals surface area contributed by atoms with Crippen molar-refractivity contribution in [2.75, 3.05) is 19.0 Å². The zero-order chi connectivity index (χ0) is 19.4.